The first-order chi connectivity index (χ1) is 15.3. The number of rotatable bonds is 5. The van der Waals surface area contributed by atoms with Gasteiger partial charge < -0.3 is 10.2 Å². The number of imide groups is 1. The molecule has 2 amide bonds. The summed E-state index contributed by atoms with van der Waals surface area (Å²) in [7, 11) is 3.84. The van der Waals surface area contributed by atoms with Crippen LogP contribution in [-0.4, -0.2) is 25.9 Å². The lowest BCUT2D eigenvalue weighted by Crippen LogP contribution is -2.32. The van der Waals surface area contributed by atoms with E-state index < -0.39 is 17.6 Å². The van der Waals surface area contributed by atoms with Gasteiger partial charge in [0.25, 0.3) is 11.8 Å². The second kappa shape index (κ2) is 8.30. The summed E-state index contributed by atoms with van der Waals surface area (Å²) >= 11 is 0. The normalized spacial score (nSPS) is 13.7. The number of benzene rings is 3. The molecule has 6 heteroatoms. The fraction of sp³-hybridized carbons (Fsp3) is 0.154. The summed E-state index contributed by atoms with van der Waals surface area (Å²) in [5, 5.41) is 3.15. The predicted octanol–water partition coefficient (Wildman–Crippen LogP) is 4.91. The Hall–Kier alpha value is -3.93. The first-order valence-electron chi connectivity index (χ1n) is 10.3. The number of aryl methyl sites for hydroxylation is 2. The molecule has 1 aliphatic heterocycles. The molecule has 5 nitrogen and oxygen atoms in total. The standard InChI is InChI=1S/C26H24FN3O2/c1-16-5-10-20(15-17(16)2)28-24-23(18-6-8-19(27)9-7-18)25(31)30(26(24)32)22-13-11-21(12-14-22)29(3)4/h5-15,28H,1-4H3. The molecule has 0 saturated carbocycles. The highest BCUT2D eigenvalue weighted by Crippen LogP contribution is 2.34. The van der Waals surface area contributed by atoms with Gasteiger partial charge in [0.05, 0.1) is 11.3 Å². The van der Waals surface area contributed by atoms with Gasteiger partial charge in [-0.1, -0.05) is 18.2 Å². The van der Waals surface area contributed by atoms with Crippen LogP contribution in [-0.2, 0) is 9.59 Å². The highest BCUT2D eigenvalue weighted by atomic mass is 19.1. The minimum absolute atomic E-state index is 0.168. The maximum Gasteiger partial charge on any atom is 0.282 e. The van der Waals surface area contributed by atoms with Crippen molar-refractivity contribution in [1.29, 1.82) is 0 Å². The first-order valence-corrected chi connectivity index (χ1v) is 10.3. The zero-order valence-electron chi connectivity index (χ0n) is 18.4. The van der Waals surface area contributed by atoms with Gasteiger partial charge in [0.2, 0.25) is 0 Å². The van der Waals surface area contributed by atoms with Crippen molar-refractivity contribution in [1.82, 2.24) is 0 Å². The molecule has 1 aliphatic rings. The predicted molar refractivity (Wildman–Crippen MR) is 126 cm³/mol. The van der Waals surface area contributed by atoms with Gasteiger partial charge in [0.1, 0.15) is 11.5 Å². The molecule has 1 N–H and O–H groups in total. The van der Waals surface area contributed by atoms with E-state index in [1.54, 1.807) is 12.1 Å². The third-order valence-electron chi connectivity index (χ3n) is 5.62. The van der Waals surface area contributed by atoms with Crippen LogP contribution in [0.4, 0.5) is 21.5 Å². The molecule has 3 aromatic carbocycles. The van der Waals surface area contributed by atoms with E-state index in [-0.39, 0.29) is 11.3 Å². The van der Waals surface area contributed by atoms with Crippen molar-refractivity contribution >= 4 is 34.4 Å². The fourth-order valence-electron chi connectivity index (χ4n) is 3.63. The van der Waals surface area contributed by atoms with Crippen molar-refractivity contribution < 1.29 is 14.0 Å². The molecule has 4 rings (SSSR count). The summed E-state index contributed by atoms with van der Waals surface area (Å²) in [5.74, 6) is -1.32. The molecule has 0 spiro atoms. The lowest BCUT2D eigenvalue weighted by molar-refractivity contribution is -0.120. The van der Waals surface area contributed by atoms with E-state index in [0.717, 1.165) is 21.7 Å². The average molecular weight is 429 g/mol. The molecule has 0 saturated heterocycles. The van der Waals surface area contributed by atoms with Crippen molar-refractivity contribution in [2.45, 2.75) is 13.8 Å². The summed E-state index contributed by atoms with van der Waals surface area (Å²) in [4.78, 5) is 30.0. The lowest BCUT2D eigenvalue weighted by Gasteiger charge is -2.18. The zero-order valence-corrected chi connectivity index (χ0v) is 18.4. The molecule has 0 aliphatic carbocycles. The molecule has 3 aromatic rings. The molecule has 0 fully saturated rings. The van der Waals surface area contributed by atoms with Crippen LogP contribution in [0.15, 0.2) is 72.4 Å². The lowest BCUT2D eigenvalue weighted by atomic mass is 10.0. The third kappa shape index (κ3) is 3.87. The second-order valence-corrected chi connectivity index (χ2v) is 8.04. The maximum absolute atomic E-state index is 13.5. The molecule has 1 heterocycles. The quantitative estimate of drug-likeness (QED) is 0.586. The summed E-state index contributed by atoms with van der Waals surface area (Å²) < 4.78 is 13.5. The van der Waals surface area contributed by atoms with Crippen LogP contribution in [0.1, 0.15) is 16.7 Å². The number of nitrogens with zero attached hydrogens (tertiary/aromatic N) is 2. The van der Waals surface area contributed by atoms with Crippen LogP contribution >= 0.6 is 0 Å². The minimum atomic E-state index is -0.454. The van der Waals surface area contributed by atoms with Gasteiger partial charge in [0.15, 0.2) is 0 Å². The minimum Gasteiger partial charge on any atom is -0.378 e. The van der Waals surface area contributed by atoms with E-state index in [2.05, 4.69) is 5.32 Å². The van der Waals surface area contributed by atoms with E-state index >= 15 is 0 Å². The van der Waals surface area contributed by atoms with Crippen LogP contribution in [0.2, 0.25) is 0 Å². The first kappa shape index (κ1) is 21.3. The number of anilines is 3. The fourth-order valence-corrected chi connectivity index (χ4v) is 3.63. The Morgan fingerprint density at radius 3 is 2.06 bits per heavy atom. The molecule has 32 heavy (non-hydrogen) atoms. The summed E-state index contributed by atoms with van der Waals surface area (Å²) in [6, 6.07) is 18.5. The molecule has 0 unspecified atom stereocenters. The molecule has 162 valence electrons. The van der Waals surface area contributed by atoms with Gasteiger partial charge in [-0.15, -0.1) is 0 Å². The zero-order chi connectivity index (χ0) is 23.0. The molecule has 0 bridgehead atoms. The number of carbonyl (C=O) groups is 2. The van der Waals surface area contributed by atoms with Crippen LogP contribution < -0.4 is 15.1 Å². The van der Waals surface area contributed by atoms with Gasteiger partial charge in [-0.05, 0) is 79.1 Å². The van der Waals surface area contributed by atoms with Crippen molar-refractivity contribution in [3.63, 3.8) is 0 Å². The van der Waals surface area contributed by atoms with Crippen LogP contribution in [0, 0.1) is 19.7 Å². The Labute approximate surface area is 186 Å². The van der Waals surface area contributed by atoms with E-state index in [1.807, 2.05) is 63.2 Å². The number of halogens is 1. The van der Waals surface area contributed by atoms with Gasteiger partial charge >= 0.3 is 0 Å². The van der Waals surface area contributed by atoms with E-state index in [0.29, 0.717) is 16.9 Å². The molecule has 0 aromatic heterocycles. The third-order valence-corrected chi connectivity index (χ3v) is 5.62. The number of carbonyl (C=O) groups excluding carboxylic acids is 2. The van der Waals surface area contributed by atoms with Gasteiger partial charge in [-0.2, -0.15) is 0 Å². The summed E-state index contributed by atoms with van der Waals surface area (Å²) in [6.45, 7) is 3.99. The highest BCUT2D eigenvalue weighted by Gasteiger charge is 2.40. The molecular weight excluding hydrogens is 405 g/mol. The van der Waals surface area contributed by atoms with Crippen molar-refractivity contribution in [2.24, 2.45) is 0 Å². The van der Waals surface area contributed by atoms with Crippen molar-refractivity contribution in [3.05, 3.63) is 94.9 Å². The van der Waals surface area contributed by atoms with Crippen molar-refractivity contribution in [2.75, 3.05) is 29.2 Å². The Morgan fingerprint density at radius 2 is 1.47 bits per heavy atom. The number of amides is 2. The van der Waals surface area contributed by atoms with E-state index in [1.165, 1.54) is 24.3 Å². The molecule has 0 radical (unpaired) electrons. The largest absolute Gasteiger partial charge is 0.378 e. The van der Waals surface area contributed by atoms with Gasteiger partial charge in [-0.3, -0.25) is 9.59 Å². The van der Waals surface area contributed by atoms with Crippen molar-refractivity contribution in [3.8, 4) is 0 Å². The highest BCUT2D eigenvalue weighted by molar-refractivity contribution is 6.46. The summed E-state index contributed by atoms with van der Waals surface area (Å²) in [6.07, 6.45) is 0. The second-order valence-electron chi connectivity index (χ2n) is 8.04. The number of nitrogens with one attached hydrogen (secondary N) is 1. The van der Waals surface area contributed by atoms with Gasteiger partial charge in [-0.25, -0.2) is 9.29 Å². The average Bonchev–Trinajstić information content (AvgIpc) is 3.01. The maximum atomic E-state index is 13.5. The Bertz CT molecular complexity index is 1230. The number of hydrogen-bond donors (Lipinski definition) is 1. The van der Waals surface area contributed by atoms with Crippen LogP contribution in [0.5, 0.6) is 0 Å². The molecule has 0 atom stereocenters. The topological polar surface area (TPSA) is 52.7 Å². The van der Waals surface area contributed by atoms with E-state index in [9.17, 15) is 14.0 Å². The van der Waals surface area contributed by atoms with Crippen LogP contribution in [0.25, 0.3) is 5.57 Å². The smallest absolute Gasteiger partial charge is 0.282 e. The Kier molecular flexibility index (Phi) is 5.53. The molecular formula is C26H24FN3O2. The number of hydrogen-bond acceptors (Lipinski definition) is 4. The van der Waals surface area contributed by atoms with Crippen LogP contribution in [0.3, 0.4) is 0 Å². The Morgan fingerprint density at radius 1 is 0.812 bits per heavy atom. The van der Waals surface area contributed by atoms with E-state index in [4.69, 9.17) is 0 Å². The summed E-state index contributed by atoms with van der Waals surface area (Å²) in [5.41, 5.74) is 5.17. The van der Waals surface area contributed by atoms with Gasteiger partial charge in [0, 0.05) is 25.5 Å². The Balaban J connectivity index is 1.79. The SMILES string of the molecule is Cc1ccc(NC2=C(c3ccc(F)cc3)C(=O)N(c3ccc(N(C)C)cc3)C2=O)cc1C. The monoisotopic (exact) mass is 429 g/mol.